The first-order valence-electron chi connectivity index (χ1n) is 8.64. The van der Waals surface area contributed by atoms with Crippen molar-refractivity contribution >= 4 is 22.5 Å². The maximum Gasteiger partial charge on any atom is 0.255 e. The highest BCUT2D eigenvalue weighted by Crippen LogP contribution is 2.27. The topological polar surface area (TPSA) is 70.7 Å². The van der Waals surface area contributed by atoms with E-state index in [1.54, 1.807) is 42.9 Å². The van der Waals surface area contributed by atoms with E-state index < -0.39 is 0 Å². The standard InChI is InChI=1S/C21H17FN4O/c1-2-13-10-16-18(11-17(13)22)25-12-19(16)26-21(27)15-6-4-14(5-7-15)20-23-8-3-9-24-20/h3-12,25H,2H2,1H3,(H,26,27). The summed E-state index contributed by atoms with van der Waals surface area (Å²) < 4.78 is 13.9. The molecule has 0 aliphatic heterocycles. The number of nitrogens with zero attached hydrogens (tertiary/aromatic N) is 2. The van der Waals surface area contributed by atoms with Crippen molar-refractivity contribution in [1.82, 2.24) is 15.0 Å². The van der Waals surface area contributed by atoms with E-state index in [0.29, 0.717) is 34.6 Å². The van der Waals surface area contributed by atoms with Gasteiger partial charge in [-0.1, -0.05) is 19.1 Å². The Balaban J connectivity index is 1.58. The van der Waals surface area contributed by atoms with E-state index in [-0.39, 0.29) is 11.7 Å². The molecule has 4 rings (SSSR count). The number of halogens is 1. The molecule has 27 heavy (non-hydrogen) atoms. The van der Waals surface area contributed by atoms with E-state index in [1.165, 1.54) is 6.07 Å². The molecule has 2 heterocycles. The van der Waals surface area contributed by atoms with Gasteiger partial charge in [0.2, 0.25) is 0 Å². The predicted octanol–water partition coefficient (Wildman–Crippen LogP) is 4.58. The Morgan fingerprint density at radius 3 is 2.59 bits per heavy atom. The fraction of sp³-hybridized carbons (Fsp3) is 0.0952. The van der Waals surface area contributed by atoms with Crippen LogP contribution in [-0.4, -0.2) is 20.9 Å². The number of hydrogen-bond donors (Lipinski definition) is 2. The molecule has 0 aliphatic rings. The zero-order valence-electron chi connectivity index (χ0n) is 14.7. The van der Waals surface area contributed by atoms with Gasteiger partial charge < -0.3 is 10.3 Å². The van der Waals surface area contributed by atoms with Gasteiger partial charge in [-0.25, -0.2) is 14.4 Å². The molecule has 0 saturated heterocycles. The van der Waals surface area contributed by atoms with Crippen LogP contribution < -0.4 is 5.32 Å². The molecule has 0 unspecified atom stereocenters. The van der Waals surface area contributed by atoms with E-state index in [9.17, 15) is 9.18 Å². The minimum Gasteiger partial charge on any atom is -0.359 e. The first-order valence-corrected chi connectivity index (χ1v) is 8.64. The summed E-state index contributed by atoms with van der Waals surface area (Å²) in [6, 6.07) is 12.1. The van der Waals surface area contributed by atoms with Gasteiger partial charge in [-0.05, 0) is 42.3 Å². The lowest BCUT2D eigenvalue weighted by molar-refractivity contribution is 0.102. The van der Waals surface area contributed by atoms with Crippen LogP contribution in [0, 0.1) is 5.82 Å². The lowest BCUT2D eigenvalue weighted by Crippen LogP contribution is -2.11. The van der Waals surface area contributed by atoms with Crippen molar-refractivity contribution < 1.29 is 9.18 Å². The van der Waals surface area contributed by atoms with Crippen molar-refractivity contribution in [2.75, 3.05) is 5.32 Å². The van der Waals surface area contributed by atoms with Crippen LogP contribution in [-0.2, 0) is 6.42 Å². The Morgan fingerprint density at radius 2 is 1.89 bits per heavy atom. The number of fused-ring (bicyclic) bond motifs is 1. The average Bonchev–Trinajstić information content (AvgIpc) is 3.09. The molecule has 2 aromatic heterocycles. The Bertz CT molecular complexity index is 1100. The second-order valence-corrected chi connectivity index (χ2v) is 6.15. The normalized spacial score (nSPS) is 10.9. The molecule has 0 bridgehead atoms. The number of benzene rings is 2. The highest BCUT2D eigenvalue weighted by molar-refractivity contribution is 6.09. The molecule has 1 amide bonds. The van der Waals surface area contributed by atoms with Crippen molar-refractivity contribution in [3.05, 3.63) is 78.0 Å². The van der Waals surface area contributed by atoms with Crippen molar-refractivity contribution in [3.8, 4) is 11.4 Å². The summed E-state index contributed by atoms with van der Waals surface area (Å²) in [6.45, 7) is 1.90. The smallest absolute Gasteiger partial charge is 0.255 e. The maximum atomic E-state index is 13.9. The number of rotatable bonds is 4. The molecule has 5 nitrogen and oxygen atoms in total. The summed E-state index contributed by atoms with van der Waals surface area (Å²) in [5.41, 5.74) is 3.24. The van der Waals surface area contributed by atoms with Crippen LogP contribution in [0.3, 0.4) is 0 Å². The van der Waals surface area contributed by atoms with Crippen LogP contribution in [0.4, 0.5) is 10.1 Å². The minimum absolute atomic E-state index is 0.237. The van der Waals surface area contributed by atoms with Gasteiger partial charge in [-0.15, -0.1) is 0 Å². The van der Waals surface area contributed by atoms with Gasteiger partial charge in [-0.3, -0.25) is 4.79 Å². The third-order valence-corrected chi connectivity index (χ3v) is 4.45. The number of hydrogen-bond acceptors (Lipinski definition) is 3. The molecular formula is C21H17FN4O. The number of aromatic nitrogens is 3. The Kier molecular flexibility index (Phi) is 4.38. The van der Waals surface area contributed by atoms with Crippen LogP contribution in [0.15, 0.2) is 61.1 Å². The molecule has 0 spiro atoms. The Morgan fingerprint density at radius 1 is 1.15 bits per heavy atom. The van der Waals surface area contributed by atoms with Crippen LogP contribution >= 0.6 is 0 Å². The Labute approximate surface area is 155 Å². The number of aromatic amines is 1. The molecular weight excluding hydrogens is 343 g/mol. The molecule has 2 aromatic carbocycles. The first kappa shape index (κ1) is 16.9. The van der Waals surface area contributed by atoms with E-state index in [1.807, 2.05) is 19.1 Å². The zero-order chi connectivity index (χ0) is 18.8. The highest BCUT2D eigenvalue weighted by Gasteiger charge is 2.12. The minimum atomic E-state index is -0.247. The quantitative estimate of drug-likeness (QED) is 0.560. The molecule has 2 N–H and O–H groups in total. The molecule has 0 aliphatic carbocycles. The summed E-state index contributed by atoms with van der Waals surface area (Å²) in [4.78, 5) is 24.0. The summed E-state index contributed by atoms with van der Waals surface area (Å²) in [6.07, 6.45) is 5.61. The van der Waals surface area contributed by atoms with Gasteiger partial charge in [0.25, 0.3) is 5.91 Å². The van der Waals surface area contributed by atoms with Crippen molar-refractivity contribution in [2.45, 2.75) is 13.3 Å². The van der Waals surface area contributed by atoms with Gasteiger partial charge in [0.15, 0.2) is 5.82 Å². The van der Waals surface area contributed by atoms with Crippen LogP contribution in [0.5, 0.6) is 0 Å². The first-order chi connectivity index (χ1) is 13.2. The van der Waals surface area contributed by atoms with E-state index in [2.05, 4.69) is 20.3 Å². The van der Waals surface area contributed by atoms with Gasteiger partial charge >= 0.3 is 0 Å². The molecule has 0 fully saturated rings. The summed E-state index contributed by atoms with van der Waals surface area (Å²) >= 11 is 0. The predicted molar refractivity (Wildman–Crippen MR) is 103 cm³/mol. The van der Waals surface area contributed by atoms with Crippen LogP contribution in [0.1, 0.15) is 22.8 Å². The average molecular weight is 360 g/mol. The fourth-order valence-corrected chi connectivity index (χ4v) is 2.98. The number of amides is 1. The fourth-order valence-electron chi connectivity index (χ4n) is 2.98. The third kappa shape index (κ3) is 3.29. The van der Waals surface area contributed by atoms with Gasteiger partial charge in [-0.2, -0.15) is 0 Å². The molecule has 4 aromatic rings. The summed E-state index contributed by atoms with van der Waals surface area (Å²) in [5.74, 6) is 0.123. The van der Waals surface area contributed by atoms with Crippen molar-refractivity contribution in [3.63, 3.8) is 0 Å². The zero-order valence-corrected chi connectivity index (χ0v) is 14.7. The van der Waals surface area contributed by atoms with Crippen LogP contribution in [0.2, 0.25) is 0 Å². The Hall–Kier alpha value is -3.54. The SMILES string of the molecule is CCc1cc2c(NC(=O)c3ccc(-c4ncccn4)cc3)c[nH]c2cc1F. The lowest BCUT2D eigenvalue weighted by atomic mass is 10.1. The lowest BCUT2D eigenvalue weighted by Gasteiger charge is -2.06. The van der Waals surface area contributed by atoms with E-state index in [4.69, 9.17) is 0 Å². The monoisotopic (exact) mass is 360 g/mol. The number of nitrogens with one attached hydrogen (secondary N) is 2. The molecule has 134 valence electrons. The number of carbonyl (C=O) groups excluding carboxylic acids is 1. The molecule has 6 heteroatoms. The second-order valence-electron chi connectivity index (χ2n) is 6.15. The molecule has 0 radical (unpaired) electrons. The maximum absolute atomic E-state index is 13.9. The summed E-state index contributed by atoms with van der Waals surface area (Å²) in [7, 11) is 0. The van der Waals surface area contributed by atoms with Gasteiger partial charge in [0.1, 0.15) is 5.82 Å². The van der Waals surface area contributed by atoms with Gasteiger partial charge in [0.05, 0.1) is 11.2 Å². The number of aryl methyl sites for hydroxylation is 1. The molecule has 0 atom stereocenters. The van der Waals surface area contributed by atoms with Crippen molar-refractivity contribution in [1.29, 1.82) is 0 Å². The number of H-pyrrole nitrogens is 1. The van der Waals surface area contributed by atoms with Gasteiger partial charge in [0, 0.05) is 35.1 Å². The van der Waals surface area contributed by atoms with Crippen LogP contribution in [0.25, 0.3) is 22.3 Å². The highest BCUT2D eigenvalue weighted by atomic mass is 19.1. The molecule has 0 saturated carbocycles. The van der Waals surface area contributed by atoms with E-state index in [0.717, 1.165) is 10.9 Å². The number of anilines is 1. The number of carbonyl (C=O) groups is 1. The van der Waals surface area contributed by atoms with Crippen molar-refractivity contribution in [2.24, 2.45) is 0 Å². The third-order valence-electron chi connectivity index (χ3n) is 4.45. The summed E-state index contributed by atoms with van der Waals surface area (Å²) in [5, 5.41) is 3.68. The largest absolute Gasteiger partial charge is 0.359 e. The second kappa shape index (κ2) is 6.99. The van der Waals surface area contributed by atoms with E-state index >= 15 is 0 Å².